The highest BCUT2D eigenvalue weighted by Gasteiger charge is 2.14. The first-order valence-electron chi connectivity index (χ1n) is 6.87. The average molecular weight is 263 g/mol. The number of carbonyl (C=O) groups excluding carboxylic acids is 1. The summed E-state index contributed by atoms with van der Waals surface area (Å²) in [6.07, 6.45) is 2.90. The third-order valence-electron chi connectivity index (χ3n) is 3.30. The molecule has 1 aliphatic heterocycles. The average Bonchev–Trinajstić information content (AvgIpc) is 2.96. The summed E-state index contributed by atoms with van der Waals surface area (Å²) in [4.78, 5) is 11.5. The minimum atomic E-state index is -0.341. The molecule has 4 heteroatoms. The van der Waals surface area contributed by atoms with E-state index in [0.29, 0.717) is 19.1 Å². The van der Waals surface area contributed by atoms with Crippen LogP contribution in [0.2, 0.25) is 0 Å². The van der Waals surface area contributed by atoms with Crippen molar-refractivity contribution >= 4 is 6.09 Å². The molecule has 2 rings (SSSR count). The second kappa shape index (κ2) is 7.79. The zero-order valence-corrected chi connectivity index (χ0v) is 11.1. The van der Waals surface area contributed by atoms with Crippen LogP contribution in [0, 0.1) is 5.92 Å². The third-order valence-corrected chi connectivity index (χ3v) is 3.30. The highest BCUT2D eigenvalue weighted by Crippen LogP contribution is 2.17. The van der Waals surface area contributed by atoms with E-state index in [9.17, 15) is 4.79 Å². The molecular weight excluding hydrogens is 242 g/mol. The molecule has 1 N–H and O–H groups in total. The van der Waals surface area contributed by atoms with Gasteiger partial charge in [0, 0.05) is 19.8 Å². The normalized spacial score (nSPS) is 18.2. The van der Waals surface area contributed by atoms with Crippen LogP contribution >= 0.6 is 0 Å². The van der Waals surface area contributed by atoms with E-state index in [2.05, 4.69) is 5.32 Å². The molecule has 0 radical (unpaired) electrons. The van der Waals surface area contributed by atoms with E-state index in [-0.39, 0.29) is 6.09 Å². The molecule has 1 fully saturated rings. The van der Waals surface area contributed by atoms with Crippen LogP contribution < -0.4 is 5.32 Å². The number of rotatable bonds is 6. The van der Waals surface area contributed by atoms with Crippen LogP contribution in [0.5, 0.6) is 0 Å². The summed E-state index contributed by atoms with van der Waals surface area (Å²) in [5, 5.41) is 2.77. The largest absolute Gasteiger partial charge is 0.445 e. The minimum Gasteiger partial charge on any atom is -0.445 e. The fourth-order valence-corrected chi connectivity index (χ4v) is 2.17. The van der Waals surface area contributed by atoms with Gasteiger partial charge in [0.05, 0.1) is 0 Å². The topological polar surface area (TPSA) is 47.6 Å². The second-order valence-corrected chi connectivity index (χ2v) is 4.86. The zero-order valence-electron chi connectivity index (χ0n) is 11.1. The van der Waals surface area contributed by atoms with Crippen molar-refractivity contribution in [3.05, 3.63) is 35.9 Å². The van der Waals surface area contributed by atoms with Crippen molar-refractivity contribution in [2.45, 2.75) is 25.9 Å². The van der Waals surface area contributed by atoms with E-state index in [1.165, 1.54) is 0 Å². The van der Waals surface area contributed by atoms with Crippen molar-refractivity contribution in [2.75, 3.05) is 19.8 Å². The molecule has 1 unspecified atom stereocenters. The molecule has 4 nitrogen and oxygen atoms in total. The van der Waals surface area contributed by atoms with E-state index in [4.69, 9.17) is 9.47 Å². The third kappa shape index (κ3) is 5.30. The summed E-state index contributed by atoms with van der Waals surface area (Å²) in [5.74, 6) is 0.669. The Morgan fingerprint density at radius 3 is 2.95 bits per heavy atom. The van der Waals surface area contributed by atoms with E-state index in [1.54, 1.807) is 0 Å². The van der Waals surface area contributed by atoms with Gasteiger partial charge in [0.2, 0.25) is 0 Å². The Hall–Kier alpha value is -1.55. The smallest absolute Gasteiger partial charge is 0.407 e. The lowest BCUT2D eigenvalue weighted by Crippen LogP contribution is -2.25. The number of hydrogen-bond acceptors (Lipinski definition) is 3. The number of carbonyl (C=O) groups is 1. The van der Waals surface area contributed by atoms with Crippen LogP contribution in [0.4, 0.5) is 4.79 Å². The summed E-state index contributed by atoms with van der Waals surface area (Å²) in [6, 6.07) is 9.68. The first-order valence-corrected chi connectivity index (χ1v) is 6.87. The van der Waals surface area contributed by atoms with Gasteiger partial charge in [-0.1, -0.05) is 30.3 Å². The van der Waals surface area contributed by atoms with Crippen molar-refractivity contribution < 1.29 is 14.3 Å². The van der Waals surface area contributed by atoms with Crippen LogP contribution in [0.1, 0.15) is 24.8 Å². The summed E-state index contributed by atoms with van der Waals surface area (Å²) in [5.41, 5.74) is 1.00. The van der Waals surface area contributed by atoms with Gasteiger partial charge in [-0.2, -0.15) is 0 Å². The van der Waals surface area contributed by atoms with E-state index in [0.717, 1.165) is 38.0 Å². The molecule has 0 bridgehead atoms. The van der Waals surface area contributed by atoms with Gasteiger partial charge in [-0.25, -0.2) is 4.79 Å². The van der Waals surface area contributed by atoms with Gasteiger partial charge in [0.1, 0.15) is 6.61 Å². The molecule has 1 aliphatic rings. The molecule has 1 aromatic rings. The van der Waals surface area contributed by atoms with Crippen LogP contribution in [-0.4, -0.2) is 25.9 Å². The van der Waals surface area contributed by atoms with Crippen LogP contribution in [0.3, 0.4) is 0 Å². The van der Waals surface area contributed by atoms with Gasteiger partial charge < -0.3 is 14.8 Å². The van der Waals surface area contributed by atoms with Crippen molar-refractivity contribution in [2.24, 2.45) is 5.92 Å². The fourth-order valence-electron chi connectivity index (χ4n) is 2.17. The molecule has 1 saturated heterocycles. The van der Waals surface area contributed by atoms with E-state index >= 15 is 0 Å². The van der Waals surface area contributed by atoms with Crippen molar-refractivity contribution in [1.29, 1.82) is 0 Å². The molecular formula is C15H21NO3. The van der Waals surface area contributed by atoms with Gasteiger partial charge in [-0.15, -0.1) is 0 Å². The molecule has 0 spiro atoms. The molecule has 1 aromatic carbocycles. The summed E-state index contributed by atoms with van der Waals surface area (Å²) >= 11 is 0. The van der Waals surface area contributed by atoms with Gasteiger partial charge in [-0.3, -0.25) is 0 Å². The van der Waals surface area contributed by atoms with E-state index in [1.807, 2.05) is 30.3 Å². The van der Waals surface area contributed by atoms with Gasteiger partial charge in [0.15, 0.2) is 0 Å². The standard InChI is InChI=1S/C15H21NO3/c17-15(19-12-13-5-2-1-3-6-13)16-9-4-7-14-8-10-18-11-14/h1-3,5-6,14H,4,7-12H2,(H,16,17). The molecule has 0 saturated carbocycles. The van der Waals surface area contributed by atoms with Gasteiger partial charge in [0.25, 0.3) is 0 Å². The Labute approximate surface area is 114 Å². The quantitative estimate of drug-likeness (QED) is 0.803. The monoisotopic (exact) mass is 263 g/mol. The molecule has 0 aliphatic carbocycles. The van der Waals surface area contributed by atoms with E-state index < -0.39 is 0 Å². The van der Waals surface area contributed by atoms with Crippen LogP contribution in [0.25, 0.3) is 0 Å². The van der Waals surface area contributed by atoms with Crippen LogP contribution in [0.15, 0.2) is 30.3 Å². The number of amides is 1. The Balaban J connectivity index is 1.52. The summed E-state index contributed by atoms with van der Waals surface area (Å²) in [6.45, 7) is 2.75. The molecule has 1 heterocycles. The van der Waals surface area contributed by atoms with Crippen LogP contribution in [-0.2, 0) is 16.1 Å². The second-order valence-electron chi connectivity index (χ2n) is 4.86. The number of benzene rings is 1. The maximum Gasteiger partial charge on any atom is 0.407 e. The molecule has 19 heavy (non-hydrogen) atoms. The SMILES string of the molecule is O=C(NCCCC1CCOC1)OCc1ccccc1. The number of hydrogen-bond donors (Lipinski definition) is 1. The molecule has 1 amide bonds. The first-order chi connectivity index (χ1) is 9.34. The Morgan fingerprint density at radius 2 is 2.21 bits per heavy atom. The number of nitrogens with one attached hydrogen (secondary N) is 1. The first kappa shape index (κ1) is 13.9. The summed E-state index contributed by atoms with van der Waals surface area (Å²) < 4.78 is 10.4. The number of ether oxygens (including phenoxy) is 2. The van der Waals surface area contributed by atoms with Crippen molar-refractivity contribution in [3.63, 3.8) is 0 Å². The minimum absolute atomic E-state index is 0.323. The molecule has 0 aromatic heterocycles. The Bertz CT molecular complexity index is 374. The lowest BCUT2D eigenvalue weighted by atomic mass is 10.0. The molecule has 1 atom stereocenters. The maximum atomic E-state index is 11.5. The Morgan fingerprint density at radius 1 is 1.37 bits per heavy atom. The highest BCUT2D eigenvalue weighted by atomic mass is 16.5. The van der Waals surface area contributed by atoms with Gasteiger partial charge >= 0.3 is 6.09 Å². The van der Waals surface area contributed by atoms with Crippen molar-refractivity contribution in [3.8, 4) is 0 Å². The Kier molecular flexibility index (Phi) is 5.69. The predicted molar refractivity (Wildman–Crippen MR) is 72.8 cm³/mol. The van der Waals surface area contributed by atoms with Crippen molar-refractivity contribution in [1.82, 2.24) is 5.32 Å². The lowest BCUT2D eigenvalue weighted by molar-refractivity contribution is 0.139. The lowest BCUT2D eigenvalue weighted by Gasteiger charge is -2.09. The molecule has 104 valence electrons. The zero-order chi connectivity index (χ0) is 13.3. The fraction of sp³-hybridized carbons (Fsp3) is 0.533. The van der Waals surface area contributed by atoms with Gasteiger partial charge in [-0.05, 0) is 30.7 Å². The maximum absolute atomic E-state index is 11.5. The predicted octanol–water partition coefficient (Wildman–Crippen LogP) is 2.73. The summed E-state index contributed by atoms with van der Waals surface area (Å²) in [7, 11) is 0. The number of alkyl carbamates (subject to hydrolysis) is 1. The highest BCUT2D eigenvalue weighted by molar-refractivity contribution is 5.67.